The lowest BCUT2D eigenvalue weighted by Gasteiger charge is -2.22. The van der Waals surface area contributed by atoms with Gasteiger partial charge in [0.2, 0.25) is 0 Å². The summed E-state index contributed by atoms with van der Waals surface area (Å²) >= 11 is 0. The molecule has 10 rings (SSSR count). The molecule has 8 aromatic rings. The Morgan fingerprint density at radius 3 is 1.44 bits per heavy atom. The van der Waals surface area contributed by atoms with Gasteiger partial charge in [-0.1, -0.05) is 182 Å². The van der Waals surface area contributed by atoms with E-state index < -0.39 is 0 Å². The van der Waals surface area contributed by atoms with Crippen LogP contribution in [0.15, 0.2) is 216 Å². The van der Waals surface area contributed by atoms with Crippen LogP contribution >= 0.6 is 0 Å². The molecule has 57 heavy (non-hydrogen) atoms. The lowest BCUT2D eigenvalue weighted by molar-refractivity contribution is 0.729. The van der Waals surface area contributed by atoms with Gasteiger partial charge in [0.1, 0.15) is 0 Å². The smallest absolute Gasteiger partial charge is 0.165 e. The molecule has 0 saturated heterocycles. The maximum Gasteiger partial charge on any atom is 0.165 e. The molecular weight excluding hydrogens is 689 g/mol. The first-order valence-corrected chi connectivity index (χ1v) is 20.1. The van der Waals surface area contributed by atoms with Gasteiger partial charge in [0, 0.05) is 12.3 Å². The molecule has 0 fully saturated rings. The lowest BCUT2D eigenvalue weighted by Crippen LogP contribution is -2.18. The maximum atomic E-state index is 5.46. The predicted octanol–water partition coefficient (Wildman–Crippen LogP) is 13.8. The first-order chi connectivity index (χ1) is 28.2. The number of benzene rings is 8. The third kappa shape index (κ3) is 7.07. The van der Waals surface area contributed by atoms with Gasteiger partial charge in [-0.25, -0.2) is 0 Å². The molecule has 0 bridgehead atoms. The van der Waals surface area contributed by atoms with Crippen LogP contribution < -0.4 is 0 Å². The largest absolute Gasteiger partial charge is 0.257 e. The summed E-state index contributed by atoms with van der Waals surface area (Å²) in [6, 6.07) is 74.6. The Morgan fingerprint density at radius 1 is 0.368 bits per heavy atom. The number of rotatable bonds is 9. The topological polar surface area (TPSA) is 24.7 Å². The molecule has 0 saturated carbocycles. The minimum atomic E-state index is -0.382. The summed E-state index contributed by atoms with van der Waals surface area (Å²) in [5.41, 5.74) is 19.6. The normalized spacial score (nSPS) is 14.7. The van der Waals surface area contributed by atoms with Gasteiger partial charge in [0.15, 0.2) is 6.17 Å². The van der Waals surface area contributed by atoms with Gasteiger partial charge in [0.25, 0.3) is 0 Å². The molecule has 1 aliphatic heterocycles. The average molecular weight is 731 g/mol. The number of aliphatic imine (C=N–C) groups is 2. The third-order valence-corrected chi connectivity index (χ3v) is 11.6. The Hall–Kier alpha value is -6.90. The van der Waals surface area contributed by atoms with Crippen LogP contribution in [0.3, 0.4) is 0 Å². The van der Waals surface area contributed by atoms with Crippen molar-refractivity contribution < 1.29 is 0 Å². The molecule has 2 aliphatic rings. The van der Waals surface area contributed by atoms with E-state index in [4.69, 9.17) is 9.98 Å². The van der Waals surface area contributed by atoms with Crippen molar-refractivity contribution >= 4 is 11.4 Å². The molecular formula is C55H42N2. The lowest BCUT2D eigenvalue weighted by atomic mass is 9.89. The first kappa shape index (κ1) is 34.6. The van der Waals surface area contributed by atoms with Gasteiger partial charge in [-0.2, -0.15) is 0 Å². The van der Waals surface area contributed by atoms with E-state index in [9.17, 15) is 0 Å². The summed E-state index contributed by atoms with van der Waals surface area (Å²) in [5, 5.41) is 0. The molecule has 0 aromatic heterocycles. The number of nitrogens with zero attached hydrogens (tertiary/aromatic N) is 2. The van der Waals surface area contributed by atoms with Crippen LogP contribution in [0.1, 0.15) is 58.3 Å². The fraction of sp³-hybridized carbons (Fsp3) is 0.0909. The van der Waals surface area contributed by atoms with E-state index in [0.717, 1.165) is 52.1 Å². The van der Waals surface area contributed by atoms with Crippen LogP contribution in [-0.2, 0) is 6.42 Å². The highest BCUT2D eigenvalue weighted by molar-refractivity contribution is 6.19. The minimum Gasteiger partial charge on any atom is -0.257 e. The quantitative estimate of drug-likeness (QED) is 0.141. The molecule has 8 aromatic carbocycles. The van der Waals surface area contributed by atoms with Gasteiger partial charge < -0.3 is 0 Å². The number of hydrogen-bond acceptors (Lipinski definition) is 2. The number of aryl methyl sites for hydroxylation is 1. The summed E-state index contributed by atoms with van der Waals surface area (Å²) in [7, 11) is 0. The maximum absolute atomic E-state index is 5.46. The molecule has 2 nitrogen and oxygen atoms in total. The Balaban J connectivity index is 0.987. The van der Waals surface area contributed by atoms with Crippen molar-refractivity contribution in [2.45, 2.75) is 31.3 Å². The van der Waals surface area contributed by atoms with E-state index in [0.29, 0.717) is 12.3 Å². The van der Waals surface area contributed by atoms with Crippen LogP contribution in [0, 0.1) is 0 Å². The highest BCUT2D eigenvalue weighted by atomic mass is 15.0. The number of hydrogen-bond donors (Lipinski definition) is 0. The Labute approximate surface area is 335 Å². The van der Waals surface area contributed by atoms with Crippen LogP contribution in [0.25, 0.3) is 44.5 Å². The van der Waals surface area contributed by atoms with Crippen molar-refractivity contribution in [2.24, 2.45) is 9.98 Å². The molecule has 0 amide bonds. The van der Waals surface area contributed by atoms with Crippen LogP contribution in [-0.4, -0.2) is 11.4 Å². The zero-order valence-corrected chi connectivity index (χ0v) is 31.8. The second-order valence-electron chi connectivity index (χ2n) is 15.2. The molecule has 1 unspecified atom stereocenters. The SMILES string of the molecule is c1ccc(C2=NC(c3cc(-c4ccccc4)cc(-c4ccccc4)c3)N=C(c3cccc(-c4cccc(CCC5c6ccccc6-c6ccccc65)c4)c3)C2)cc1. The van der Waals surface area contributed by atoms with Crippen molar-refractivity contribution in [2.75, 3.05) is 0 Å². The first-order valence-electron chi connectivity index (χ1n) is 20.1. The van der Waals surface area contributed by atoms with Crippen LogP contribution in [0.2, 0.25) is 0 Å². The second kappa shape index (κ2) is 15.3. The average Bonchev–Trinajstić information content (AvgIpc) is 3.62. The Kier molecular flexibility index (Phi) is 9.30. The van der Waals surface area contributed by atoms with Gasteiger partial charge >= 0.3 is 0 Å². The molecule has 0 spiro atoms. The highest BCUT2D eigenvalue weighted by Gasteiger charge is 2.28. The van der Waals surface area contributed by atoms with Gasteiger partial charge in [-0.15, -0.1) is 0 Å². The van der Waals surface area contributed by atoms with E-state index in [-0.39, 0.29) is 6.17 Å². The standard InChI is InChI=1S/C55H42N2/c1-4-17-39(18-5-1)45-34-46(40-19-6-2-7-20-40)36-47(35-45)55-56-53(41-21-8-3-9-22-41)37-54(57-55)44-25-15-24-43(33-44)42-23-14-16-38(32-42)30-31-52-50-28-12-10-26-48(50)49-27-11-13-29-51(49)52/h1-29,32-36,52,55H,30-31,37H2. The predicted molar refractivity (Wildman–Crippen MR) is 238 cm³/mol. The molecule has 272 valence electrons. The summed E-state index contributed by atoms with van der Waals surface area (Å²) in [6.07, 6.45) is 2.37. The summed E-state index contributed by atoms with van der Waals surface area (Å²) < 4.78 is 0. The van der Waals surface area contributed by atoms with Gasteiger partial charge in [-0.05, 0) is 115 Å². The van der Waals surface area contributed by atoms with Crippen LogP contribution in [0.5, 0.6) is 0 Å². The molecule has 1 heterocycles. The van der Waals surface area contributed by atoms with Crippen molar-refractivity contribution in [1.29, 1.82) is 0 Å². The van der Waals surface area contributed by atoms with Crippen molar-refractivity contribution in [1.82, 2.24) is 0 Å². The summed E-state index contributed by atoms with van der Waals surface area (Å²) in [4.78, 5) is 10.8. The third-order valence-electron chi connectivity index (χ3n) is 11.6. The van der Waals surface area contributed by atoms with E-state index >= 15 is 0 Å². The zero-order valence-electron chi connectivity index (χ0n) is 31.8. The van der Waals surface area contributed by atoms with E-state index in [1.165, 1.54) is 50.1 Å². The molecule has 1 atom stereocenters. The monoisotopic (exact) mass is 730 g/mol. The van der Waals surface area contributed by atoms with Gasteiger partial charge in [-0.3, -0.25) is 9.98 Å². The summed E-state index contributed by atoms with van der Waals surface area (Å²) in [6.45, 7) is 0. The van der Waals surface area contributed by atoms with Crippen molar-refractivity contribution in [3.8, 4) is 44.5 Å². The van der Waals surface area contributed by atoms with Crippen molar-refractivity contribution in [3.05, 3.63) is 240 Å². The summed E-state index contributed by atoms with van der Waals surface area (Å²) in [5.74, 6) is 0.416. The Bertz CT molecular complexity index is 2660. The van der Waals surface area contributed by atoms with Crippen LogP contribution in [0.4, 0.5) is 0 Å². The van der Waals surface area contributed by atoms with E-state index in [2.05, 4.69) is 206 Å². The highest BCUT2D eigenvalue weighted by Crippen LogP contribution is 2.46. The van der Waals surface area contributed by atoms with E-state index in [1.54, 1.807) is 0 Å². The molecule has 2 heteroatoms. The zero-order chi connectivity index (χ0) is 38.0. The van der Waals surface area contributed by atoms with E-state index in [1.807, 2.05) is 0 Å². The molecule has 1 aliphatic carbocycles. The number of fused-ring (bicyclic) bond motifs is 3. The Morgan fingerprint density at radius 2 is 0.825 bits per heavy atom. The van der Waals surface area contributed by atoms with Crippen molar-refractivity contribution in [3.63, 3.8) is 0 Å². The second-order valence-corrected chi connectivity index (χ2v) is 15.2. The minimum absolute atomic E-state index is 0.382. The fourth-order valence-electron chi connectivity index (χ4n) is 8.77. The molecule has 0 N–H and O–H groups in total. The fourth-order valence-corrected chi connectivity index (χ4v) is 8.77. The molecule has 0 radical (unpaired) electrons. The van der Waals surface area contributed by atoms with Gasteiger partial charge in [0.05, 0.1) is 11.4 Å².